The third-order valence-electron chi connectivity index (χ3n) is 8.51. The minimum Gasteiger partial charge on any atom is -0.477 e. The van der Waals surface area contributed by atoms with E-state index in [1.54, 1.807) is 0 Å². The van der Waals surface area contributed by atoms with Gasteiger partial charge in [0.25, 0.3) is 0 Å². The molecule has 0 amide bonds. The van der Waals surface area contributed by atoms with Crippen molar-refractivity contribution in [1.82, 2.24) is 0 Å². The van der Waals surface area contributed by atoms with Crippen molar-refractivity contribution in [3.8, 4) is 0 Å². The van der Waals surface area contributed by atoms with Crippen molar-refractivity contribution in [1.29, 1.82) is 0 Å². The monoisotopic (exact) mass is 705 g/mol. The van der Waals surface area contributed by atoms with Crippen molar-refractivity contribution in [2.45, 2.75) is 161 Å². The van der Waals surface area contributed by atoms with Crippen LogP contribution in [0.15, 0.2) is 48.6 Å². The molecule has 0 radical (unpaired) electrons. The Morgan fingerprint density at radius 1 is 0.600 bits per heavy atom. The first-order chi connectivity index (χ1) is 24.1. The van der Waals surface area contributed by atoms with Gasteiger partial charge in [-0.25, -0.2) is 4.79 Å². The topological polar surface area (TPSA) is 99.1 Å². The molecule has 0 heterocycles. The molecule has 0 fully saturated rings. The van der Waals surface area contributed by atoms with Crippen molar-refractivity contribution in [3.63, 3.8) is 0 Å². The van der Waals surface area contributed by atoms with E-state index in [0.717, 1.165) is 70.6 Å². The van der Waals surface area contributed by atoms with Crippen LogP contribution in [0.5, 0.6) is 0 Å². The average Bonchev–Trinajstić information content (AvgIpc) is 3.06. The number of unbranched alkanes of at least 4 members (excludes halogenated alkanes) is 14. The van der Waals surface area contributed by atoms with E-state index in [1.807, 2.05) is 21.1 Å². The summed E-state index contributed by atoms with van der Waals surface area (Å²) in [5, 5.41) is 9.58. The number of quaternary nitrogens is 1. The van der Waals surface area contributed by atoms with Crippen molar-refractivity contribution < 1.29 is 38.2 Å². The number of carboxylic acids is 1. The lowest BCUT2D eigenvalue weighted by Gasteiger charge is -2.31. The molecule has 0 bridgehead atoms. The first kappa shape index (κ1) is 47.3. The molecule has 0 aromatic heterocycles. The minimum absolute atomic E-state index is 0.0465. The van der Waals surface area contributed by atoms with Crippen molar-refractivity contribution >= 4 is 17.9 Å². The molecule has 0 spiro atoms. The number of hydrogen-bond donors (Lipinski definition) is 1. The van der Waals surface area contributed by atoms with Crippen LogP contribution in [0.3, 0.4) is 0 Å². The molecule has 0 aliphatic carbocycles. The summed E-state index contributed by atoms with van der Waals surface area (Å²) >= 11 is 0. The van der Waals surface area contributed by atoms with E-state index in [0.29, 0.717) is 19.3 Å². The Hall–Kier alpha value is -2.71. The number of carboxylic acid groups (broad SMARTS) is 1. The molecule has 0 aromatic carbocycles. The molecule has 50 heavy (non-hydrogen) atoms. The number of aliphatic carboxylic acids is 1. The number of esters is 2. The Balaban J connectivity index is 4.47. The molecule has 0 aliphatic rings. The van der Waals surface area contributed by atoms with Gasteiger partial charge in [0, 0.05) is 19.3 Å². The fourth-order valence-electron chi connectivity index (χ4n) is 5.35. The van der Waals surface area contributed by atoms with Crippen LogP contribution in [-0.4, -0.2) is 80.6 Å². The van der Waals surface area contributed by atoms with Crippen LogP contribution in [-0.2, 0) is 28.6 Å². The van der Waals surface area contributed by atoms with E-state index in [2.05, 4.69) is 62.5 Å². The van der Waals surface area contributed by atoms with Crippen LogP contribution in [0, 0.1) is 0 Å². The van der Waals surface area contributed by atoms with Crippen LogP contribution in [0.4, 0.5) is 0 Å². The summed E-state index contributed by atoms with van der Waals surface area (Å²) in [6.07, 6.45) is 37.2. The quantitative estimate of drug-likeness (QED) is 0.0308. The van der Waals surface area contributed by atoms with Crippen molar-refractivity contribution in [2.75, 3.05) is 41.0 Å². The number of allylic oxidation sites excluding steroid dienone is 8. The smallest absolute Gasteiger partial charge is 0.362 e. The Bertz CT molecular complexity index is 964. The van der Waals surface area contributed by atoms with Crippen LogP contribution in [0.1, 0.15) is 149 Å². The molecule has 8 heteroatoms. The second-order valence-corrected chi connectivity index (χ2v) is 14.2. The van der Waals surface area contributed by atoms with Crippen LogP contribution < -0.4 is 0 Å². The minimum atomic E-state index is -0.883. The summed E-state index contributed by atoms with van der Waals surface area (Å²) in [5.41, 5.74) is 0. The maximum absolute atomic E-state index is 12.7. The molecule has 0 saturated carbocycles. The van der Waals surface area contributed by atoms with Gasteiger partial charge in [0.15, 0.2) is 12.1 Å². The second kappa shape index (κ2) is 33.4. The first-order valence-corrected chi connectivity index (χ1v) is 19.7. The van der Waals surface area contributed by atoms with E-state index in [-0.39, 0.29) is 36.2 Å². The van der Waals surface area contributed by atoms with Gasteiger partial charge < -0.3 is 23.8 Å². The number of likely N-dealkylation sites (N-methyl/N-ethyl adjacent to an activating group) is 1. The highest BCUT2D eigenvalue weighted by Gasteiger charge is 2.31. The van der Waals surface area contributed by atoms with Gasteiger partial charge in [-0.15, -0.1) is 0 Å². The number of rotatable bonds is 34. The molecule has 0 rings (SSSR count). The maximum atomic E-state index is 12.7. The molecule has 0 aliphatic heterocycles. The summed E-state index contributed by atoms with van der Waals surface area (Å²) in [4.78, 5) is 36.8. The largest absolute Gasteiger partial charge is 0.477 e. The highest BCUT2D eigenvalue weighted by Crippen LogP contribution is 2.12. The van der Waals surface area contributed by atoms with Crippen molar-refractivity contribution in [3.05, 3.63) is 48.6 Å². The van der Waals surface area contributed by atoms with Gasteiger partial charge >= 0.3 is 17.9 Å². The number of carbonyl (C=O) groups is 3. The zero-order valence-electron chi connectivity index (χ0n) is 32.6. The SMILES string of the molecule is CCCC/C=C/C=C/CCCCCC(=O)OCC(COCCC(C(=O)O)[N+](C)(C)C)OC(=O)CCCCCCCC/C=C/C=C/CCCCC. The molecular formula is C42H74NO7+. The highest BCUT2D eigenvalue weighted by atomic mass is 16.6. The third-order valence-corrected chi connectivity index (χ3v) is 8.51. The molecule has 2 unspecified atom stereocenters. The summed E-state index contributed by atoms with van der Waals surface area (Å²) in [6, 6.07) is -0.620. The predicted octanol–water partition coefficient (Wildman–Crippen LogP) is 10.1. The predicted molar refractivity (Wildman–Crippen MR) is 206 cm³/mol. The zero-order chi connectivity index (χ0) is 37.1. The summed E-state index contributed by atoms with van der Waals surface area (Å²) in [7, 11) is 5.50. The summed E-state index contributed by atoms with van der Waals surface area (Å²) in [5.74, 6) is -1.53. The lowest BCUT2D eigenvalue weighted by Crippen LogP contribution is -2.50. The zero-order valence-corrected chi connectivity index (χ0v) is 32.6. The normalized spacial score (nSPS) is 13.5. The second-order valence-electron chi connectivity index (χ2n) is 14.2. The fourth-order valence-corrected chi connectivity index (χ4v) is 5.35. The molecule has 2 atom stereocenters. The Kier molecular flexibility index (Phi) is 31.6. The Morgan fingerprint density at radius 3 is 1.58 bits per heavy atom. The highest BCUT2D eigenvalue weighted by molar-refractivity contribution is 5.72. The van der Waals surface area contributed by atoms with Gasteiger partial charge in [-0.1, -0.05) is 120 Å². The van der Waals surface area contributed by atoms with Gasteiger partial charge in [-0.3, -0.25) is 9.59 Å². The van der Waals surface area contributed by atoms with Crippen molar-refractivity contribution in [2.24, 2.45) is 0 Å². The molecule has 8 nitrogen and oxygen atoms in total. The Morgan fingerprint density at radius 2 is 1.06 bits per heavy atom. The van der Waals surface area contributed by atoms with Crippen LogP contribution >= 0.6 is 0 Å². The van der Waals surface area contributed by atoms with Gasteiger partial charge in [0.2, 0.25) is 0 Å². The van der Waals surface area contributed by atoms with Crippen LogP contribution in [0.25, 0.3) is 0 Å². The first-order valence-electron chi connectivity index (χ1n) is 19.7. The number of carbonyl (C=O) groups excluding carboxylic acids is 2. The van der Waals surface area contributed by atoms with E-state index >= 15 is 0 Å². The van der Waals surface area contributed by atoms with Gasteiger partial charge in [-0.05, 0) is 57.8 Å². The summed E-state index contributed by atoms with van der Waals surface area (Å²) < 4.78 is 17.2. The van der Waals surface area contributed by atoms with Gasteiger partial charge in [-0.2, -0.15) is 0 Å². The number of hydrogen-bond acceptors (Lipinski definition) is 6. The Labute approximate surface area is 306 Å². The molecule has 288 valence electrons. The van der Waals surface area contributed by atoms with E-state index in [9.17, 15) is 19.5 Å². The summed E-state index contributed by atoms with van der Waals surface area (Å²) in [6.45, 7) is 4.59. The number of nitrogens with zero attached hydrogens (tertiary/aromatic N) is 1. The van der Waals surface area contributed by atoms with Crippen LogP contribution in [0.2, 0.25) is 0 Å². The molecule has 0 aromatic rings. The average molecular weight is 705 g/mol. The van der Waals surface area contributed by atoms with E-state index in [1.165, 1.54) is 44.9 Å². The number of ether oxygens (including phenoxy) is 3. The lowest BCUT2D eigenvalue weighted by molar-refractivity contribution is -0.887. The fraction of sp³-hybridized carbons (Fsp3) is 0.738. The van der Waals surface area contributed by atoms with Gasteiger partial charge in [0.1, 0.15) is 6.61 Å². The maximum Gasteiger partial charge on any atom is 0.362 e. The van der Waals surface area contributed by atoms with Gasteiger partial charge in [0.05, 0.1) is 34.4 Å². The standard InChI is InChI=1S/C42H73NO7/c1-6-8-10-12-14-16-18-19-20-21-23-25-27-29-31-33-41(45)50-38(36-48-35-34-39(42(46)47)43(3,4)5)37-49-40(44)32-30-28-26-24-22-17-15-13-11-9-7-2/h13-19,22,38-39H,6-12,20-21,23-37H2,1-5H3/p+1/b15-13+,16-14+,19-18+,22-17+. The molecular weight excluding hydrogens is 630 g/mol. The molecule has 0 saturated heterocycles. The molecule has 1 N–H and O–H groups in total. The third kappa shape index (κ3) is 31.3. The lowest BCUT2D eigenvalue weighted by atomic mass is 10.1. The van der Waals surface area contributed by atoms with E-state index < -0.39 is 18.1 Å². The van der Waals surface area contributed by atoms with E-state index in [4.69, 9.17) is 14.2 Å².